The van der Waals surface area contributed by atoms with Crippen LogP contribution in [0.3, 0.4) is 0 Å². The molecule has 0 N–H and O–H groups in total. The number of piperidine rings is 1. The van der Waals surface area contributed by atoms with Crippen molar-refractivity contribution >= 4 is 17.6 Å². The monoisotopic (exact) mass is 481 g/mol. The summed E-state index contributed by atoms with van der Waals surface area (Å²) in [5, 5.41) is 6.24. The number of hydrazone groups is 1. The number of halogens is 1. The molecule has 2 aromatic rings. The molecule has 35 heavy (non-hydrogen) atoms. The van der Waals surface area contributed by atoms with Crippen LogP contribution in [0.5, 0.6) is 5.75 Å². The van der Waals surface area contributed by atoms with Crippen LogP contribution in [0.2, 0.25) is 0 Å². The third kappa shape index (κ3) is 6.06. The molecule has 2 aromatic carbocycles. The Morgan fingerprint density at radius 3 is 2.31 bits per heavy atom. The Balaban J connectivity index is 1.48. The predicted octanol–water partition coefficient (Wildman–Crippen LogP) is 4.18. The number of nitrogens with zero attached hydrogens (tertiary/aromatic N) is 3. The van der Waals surface area contributed by atoms with E-state index in [9.17, 15) is 14.0 Å². The molecule has 0 radical (unpaired) electrons. The Bertz CT molecular complexity index is 1050. The molecular weight excluding hydrogens is 449 g/mol. The van der Waals surface area contributed by atoms with E-state index in [1.54, 1.807) is 17.1 Å². The molecule has 1 saturated heterocycles. The Labute approximate surface area is 205 Å². The van der Waals surface area contributed by atoms with Gasteiger partial charge in [-0.2, -0.15) is 5.10 Å². The molecule has 8 heteroatoms. The maximum absolute atomic E-state index is 13.5. The van der Waals surface area contributed by atoms with Gasteiger partial charge in [0.15, 0.2) is 0 Å². The maximum atomic E-state index is 13.5. The summed E-state index contributed by atoms with van der Waals surface area (Å²) in [6.45, 7) is 6.25. The van der Waals surface area contributed by atoms with Crippen molar-refractivity contribution in [2.45, 2.75) is 39.2 Å². The van der Waals surface area contributed by atoms with E-state index in [1.165, 1.54) is 12.1 Å². The molecule has 2 heterocycles. The van der Waals surface area contributed by atoms with Crippen molar-refractivity contribution in [3.63, 3.8) is 0 Å². The third-order valence-electron chi connectivity index (χ3n) is 6.49. The van der Waals surface area contributed by atoms with Crippen LogP contribution in [-0.2, 0) is 14.3 Å². The molecule has 2 aliphatic heterocycles. The zero-order valence-corrected chi connectivity index (χ0v) is 20.3. The van der Waals surface area contributed by atoms with Crippen LogP contribution in [0.4, 0.5) is 4.39 Å². The topological polar surface area (TPSA) is 71.4 Å². The second kappa shape index (κ2) is 11.4. The number of carbonyl (C=O) groups excluding carboxylic acids is 2. The number of benzene rings is 2. The molecule has 1 atom stereocenters. The first-order chi connectivity index (χ1) is 17.0. The first kappa shape index (κ1) is 24.9. The van der Waals surface area contributed by atoms with Crippen molar-refractivity contribution in [3.8, 4) is 5.75 Å². The predicted molar refractivity (Wildman–Crippen MR) is 131 cm³/mol. The first-order valence-electron chi connectivity index (χ1n) is 12.3. The fourth-order valence-electron chi connectivity index (χ4n) is 4.62. The van der Waals surface area contributed by atoms with E-state index in [0.29, 0.717) is 45.6 Å². The van der Waals surface area contributed by atoms with E-state index in [4.69, 9.17) is 9.47 Å². The molecule has 4 rings (SSSR count). The Kier molecular flexibility index (Phi) is 8.13. The molecule has 0 aliphatic carbocycles. The Morgan fingerprint density at radius 2 is 1.69 bits per heavy atom. The SMILES string of the molecule is CCOC(=O)C1CCN(CC(=O)N2N=C(c3ccc(F)cc3)C[C@@H]2c2ccc(OCC)cc2)CC1. The van der Waals surface area contributed by atoms with Gasteiger partial charge in [0.25, 0.3) is 5.91 Å². The highest BCUT2D eigenvalue weighted by molar-refractivity contribution is 6.03. The molecule has 0 aromatic heterocycles. The average molecular weight is 482 g/mol. The molecule has 0 bridgehead atoms. The lowest BCUT2D eigenvalue weighted by Crippen LogP contribution is -2.43. The van der Waals surface area contributed by atoms with Gasteiger partial charge in [-0.3, -0.25) is 14.5 Å². The van der Waals surface area contributed by atoms with Crippen molar-refractivity contribution < 1.29 is 23.5 Å². The molecule has 0 spiro atoms. The van der Waals surface area contributed by atoms with Crippen LogP contribution in [0.15, 0.2) is 53.6 Å². The van der Waals surface area contributed by atoms with Gasteiger partial charge in [0, 0.05) is 6.42 Å². The van der Waals surface area contributed by atoms with E-state index in [1.807, 2.05) is 38.1 Å². The van der Waals surface area contributed by atoms with Crippen LogP contribution < -0.4 is 4.74 Å². The molecular formula is C27H32FN3O4. The number of rotatable bonds is 8. The number of hydrogen-bond acceptors (Lipinski definition) is 6. The lowest BCUT2D eigenvalue weighted by Gasteiger charge is -2.32. The van der Waals surface area contributed by atoms with Gasteiger partial charge in [-0.25, -0.2) is 9.40 Å². The highest BCUT2D eigenvalue weighted by Gasteiger charge is 2.35. The zero-order chi connectivity index (χ0) is 24.8. The van der Waals surface area contributed by atoms with Crippen molar-refractivity contribution in [3.05, 3.63) is 65.5 Å². The molecule has 186 valence electrons. The Morgan fingerprint density at radius 1 is 1.00 bits per heavy atom. The molecule has 2 aliphatic rings. The van der Waals surface area contributed by atoms with Crippen LogP contribution in [-0.4, -0.2) is 60.3 Å². The second-order valence-corrected chi connectivity index (χ2v) is 8.82. The number of ether oxygens (including phenoxy) is 2. The van der Waals surface area contributed by atoms with Gasteiger partial charge in [0.05, 0.1) is 37.4 Å². The quantitative estimate of drug-likeness (QED) is 0.529. The van der Waals surface area contributed by atoms with E-state index >= 15 is 0 Å². The average Bonchev–Trinajstić information content (AvgIpc) is 3.31. The number of likely N-dealkylation sites (tertiary alicyclic amines) is 1. The van der Waals surface area contributed by atoms with Gasteiger partial charge >= 0.3 is 5.97 Å². The fraction of sp³-hybridized carbons (Fsp3) is 0.444. The summed E-state index contributed by atoms with van der Waals surface area (Å²) >= 11 is 0. The standard InChI is InChI=1S/C27H32FN3O4/c1-3-34-23-11-7-20(8-12-23)25-17-24(19-5-9-22(28)10-6-19)29-31(25)26(32)18-30-15-13-21(14-16-30)27(33)35-4-2/h5-12,21,25H,3-4,13-18H2,1-2H3/t25-/m1/s1. The molecule has 0 saturated carbocycles. The summed E-state index contributed by atoms with van der Waals surface area (Å²) in [7, 11) is 0. The first-order valence-corrected chi connectivity index (χ1v) is 12.3. The number of carbonyl (C=O) groups is 2. The van der Waals surface area contributed by atoms with Crippen molar-refractivity contribution in [1.82, 2.24) is 9.91 Å². The largest absolute Gasteiger partial charge is 0.494 e. The summed E-state index contributed by atoms with van der Waals surface area (Å²) in [5.41, 5.74) is 2.51. The minimum atomic E-state index is -0.311. The molecule has 0 unspecified atom stereocenters. The fourth-order valence-corrected chi connectivity index (χ4v) is 4.62. The van der Waals surface area contributed by atoms with Gasteiger partial charge in [-0.05, 0) is 75.2 Å². The van der Waals surface area contributed by atoms with Gasteiger partial charge in [0.2, 0.25) is 0 Å². The van der Waals surface area contributed by atoms with Gasteiger partial charge < -0.3 is 9.47 Å². The number of esters is 1. The van der Waals surface area contributed by atoms with Crippen LogP contribution in [0.25, 0.3) is 0 Å². The molecule has 7 nitrogen and oxygen atoms in total. The van der Waals surface area contributed by atoms with Crippen LogP contribution in [0, 0.1) is 11.7 Å². The van der Waals surface area contributed by atoms with E-state index in [2.05, 4.69) is 10.0 Å². The summed E-state index contributed by atoms with van der Waals surface area (Å²) in [6.07, 6.45) is 1.90. The van der Waals surface area contributed by atoms with Gasteiger partial charge in [-0.15, -0.1) is 0 Å². The number of hydrogen-bond donors (Lipinski definition) is 0. The van der Waals surface area contributed by atoms with Crippen LogP contribution in [0.1, 0.15) is 50.3 Å². The number of amides is 1. The van der Waals surface area contributed by atoms with E-state index < -0.39 is 0 Å². The highest BCUT2D eigenvalue weighted by atomic mass is 19.1. The molecule has 1 amide bonds. The third-order valence-corrected chi connectivity index (χ3v) is 6.49. The minimum Gasteiger partial charge on any atom is -0.494 e. The second-order valence-electron chi connectivity index (χ2n) is 8.82. The summed E-state index contributed by atoms with van der Waals surface area (Å²) in [4.78, 5) is 27.5. The Hall–Kier alpha value is -3.26. The van der Waals surface area contributed by atoms with Crippen molar-refractivity contribution in [2.24, 2.45) is 11.0 Å². The maximum Gasteiger partial charge on any atom is 0.309 e. The van der Waals surface area contributed by atoms with E-state index in [-0.39, 0.29) is 36.2 Å². The smallest absolute Gasteiger partial charge is 0.309 e. The summed E-state index contributed by atoms with van der Waals surface area (Å²) < 4.78 is 24.2. The van der Waals surface area contributed by atoms with Crippen LogP contribution >= 0.6 is 0 Å². The lowest BCUT2D eigenvalue weighted by atomic mass is 9.97. The minimum absolute atomic E-state index is 0.101. The van der Waals surface area contributed by atoms with Gasteiger partial charge in [0.1, 0.15) is 11.6 Å². The van der Waals surface area contributed by atoms with Crippen molar-refractivity contribution in [2.75, 3.05) is 32.8 Å². The molecule has 1 fully saturated rings. The summed E-state index contributed by atoms with van der Waals surface area (Å²) in [6, 6.07) is 13.7. The highest BCUT2D eigenvalue weighted by Crippen LogP contribution is 2.34. The van der Waals surface area contributed by atoms with Gasteiger partial charge in [-0.1, -0.05) is 24.3 Å². The summed E-state index contributed by atoms with van der Waals surface area (Å²) in [5.74, 6) is 0.108. The van der Waals surface area contributed by atoms with E-state index in [0.717, 1.165) is 22.6 Å². The zero-order valence-electron chi connectivity index (χ0n) is 20.3. The lowest BCUT2D eigenvalue weighted by molar-refractivity contribution is -0.149. The normalized spacial score (nSPS) is 18.9. The van der Waals surface area contributed by atoms with Crippen molar-refractivity contribution in [1.29, 1.82) is 0 Å².